The topological polar surface area (TPSA) is 27.3 Å². The molecular formula is C14H29N3. The molecule has 0 bridgehead atoms. The second-order valence-corrected chi connectivity index (χ2v) is 6.61. The summed E-state index contributed by atoms with van der Waals surface area (Å²) < 4.78 is 0. The fraction of sp³-hybridized carbons (Fsp3) is 1.00. The number of nitrogens with zero attached hydrogens (tertiary/aromatic N) is 1. The molecule has 2 fully saturated rings. The van der Waals surface area contributed by atoms with Gasteiger partial charge in [-0.1, -0.05) is 20.8 Å². The average Bonchev–Trinajstić information content (AvgIpc) is 2.67. The molecule has 0 aromatic carbocycles. The van der Waals surface area contributed by atoms with E-state index >= 15 is 0 Å². The van der Waals surface area contributed by atoms with Crippen molar-refractivity contribution < 1.29 is 0 Å². The highest BCUT2D eigenvalue weighted by atomic mass is 15.2. The highest BCUT2D eigenvalue weighted by Crippen LogP contribution is 2.27. The molecule has 0 aromatic rings. The summed E-state index contributed by atoms with van der Waals surface area (Å²) in [4.78, 5) is 2.67. The first kappa shape index (κ1) is 13.3. The second-order valence-electron chi connectivity index (χ2n) is 6.61. The van der Waals surface area contributed by atoms with Crippen molar-refractivity contribution in [1.29, 1.82) is 0 Å². The maximum absolute atomic E-state index is 3.67. The van der Waals surface area contributed by atoms with Gasteiger partial charge in [-0.25, -0.2) is 0 Å². The summed E-state index contributed by atoms with van der Waals surface area (Å²) >= 11 is 0. The van der Waals surface area contributed by atoms with E-state index in [2.05, 4.69) is 36.3 Å². The van der Waals surface area contributed by atoms with Gasteiger partial charge in [0.15, 0.2) is 0 Å². The lowest BCUT2D eigenvalue weighted by atomic mass is 9.88. The van der Waals surface area contributed by atoms with Gasteiger partial charge in [-0.15, -0.1) is 0 Å². The van der Waals surface area contributed by atoms with Gasteiger partial charge < -0.3 is 15.5 Å². The summed E-state index contributed by atoms with van der Waals surface area (Å²) in [5, 5.41) is 7.16. The normalized spacial score (nSPS) is 32.5. The van der Waals surface area contributed by atoms with E-state index in [-0.39, 0.29) is 0 Å². The van der Waals surface area contributed by atoms with Crippen molar-refractivity contribution >= 4 is 0 Å². The fourth-order valence-electron chi connectivity index (χ4n) is 3.27. The Morgan fingerprint density at radius 3 is 2.59 bits per heavy atom. The van der Waals surface area contributed by atoms with Gasteiger partial charge in [0.05, 0.1) is 0 Å². The van der Waals surface area contributed by atoms with Gasteiger partial charge in [0, 0.05) is 25.2 Å². The van der Waals surface area contributed by atoms with Crippen LogP contribution in [-0.4, -0.2) is 49.7 Å². The first-order valence-corrected chi connectivity index (χ1v) is 7.26. The molecule has 2 rings (SSSR count). The smallest absolute Gasteiger partial charge is 0.00937 e. The third kappa shape index (κ3) is 3.94. The van der Waals surface area contributed by atoms with Crippen LogP contribution in [0.2, 0.25) is 0 Å². The summed E-state index contributed by atoms with van der Waals surface area (Å²) in [7, 11) is 0. The minimum absolute atomic E-state index is 0.526. The highest BCUT2D eigenvalue weighted by molar-refractivity contribution is 4.88. The predicted octanol–water partition coefficient (Wildman–Crippen LogP) is 1.45. The monoisotopic (exact) mass is 239 g/mol. The molecule has 2 N–H and O–H groups in total. The lowest BCUT2D eigenvalue weighted by Crippen LogP contribution is -2.47. The average molecular weight is 239 g/mol. The molecule has 0 aliphatic carbocycles. The van der Waals surface area contributed by atoms with Crippen molar-refractivity contribution in [2.45, 2.75) is 52.1 Å². The van der Waals surface area contributed by atoms with Crippen LogP contribution in [0, 0.1) is 5.41 Å². The molecule has 2 saturated heterocycles. The van der Waals surface area contributed by atoms with E-state index in [0.717, 1.165) is 6.04 Å². The van der Waals surface area contributed by atoms with Crippen LogP contribution < -0.4 is 10.6 Å². The first-order valence-electron chi connectivity index (χ1n) is 7.26. The lowest BCUT2D eigenvalue weighted by molar-refractivity contribution is 0.135. The summed E-state index contributed by atoms with van der Waals surface area (Å²) in [6.07, 6.45) is 3.99. The van der Waals surface area contributed by atoms with Crippen molar-refractivity contribution in [2.75, 3.05) is 32.7 Å². The summed E-state index contributed by atoms with van der Waals surface area (Å²) in [5.41, 5.74) is 0.526. The Labute approximate surface area is 106 Å². The molecule has 2 heterocycles. The minimum Gasteiger partial charge on any atom is -0.316 e. The van der Waals surface area contributed by atoms with E-state index in [0.29, 0.717) is 11.5 Å². The van der Waals surface area contributed by atoms with Crippen molar-refractivity contribution in [1.82, 2.24) is 15.5 Å². The van der Waals surface area contributed by atoms with E-state index in [1.807, 2.05) is 0 Å². The van der Waals surface area contributed by atoms with E-state index < -0.39 is 0 Å². The summed E-state index contributed by atoms with van der Waals surface area (Å²) in [6.45, 7) is 13.2. The Morgan fingerprint density at radius 1 is 1.35 bits per heavy atom. The SMILES string of the molecule is CC(C)NC1CCN(CC2(C)CCNC2)CC1. The zero-order chi connectivity index (χ0) is 12.3. The van der Waals surface area contributed by atoms with Gasteiger partial charge in [0.2, 0.25) is 0 Å². The summed E-state index contributed by atoms with van der Waals surface area (Å²) in [5.74, 6) is 0. The molecule has 0 spiro atoms. The zero-order valence-corrected chi connectivity index (χ0v) is 11.8. The molecule has 3 nitrogen and oxygen atoms in total. The Hall–Kier alpha value is -0.120. The van der Waals surface area contributed by atoms with Crippen LogP contribution in [0.5, 0.6) is 0 Å². The minimum atomic E-state index is 0.526. The van der Waals surface area contributed by atoms with Gasteiger partial charge in [-0.3, -0.25) is 0 Å². The van der Waals surface area contributed by atoms with Crippen molar-refractivity contribution in [3.8, 4) is 0 Å². The van der Waals surface area contributed by atoms with Gasteiger partial charge in [0.1, 0.15) is 0 Å². The molecule has 1 unspecified atom stereocenters. The van der Waals surface area contributed by atoms with E-state index in [9.17, 15) is 0 Å². The molecule has 17 heavy (non-hydrogen) atoms. The van der Waals surface area contributed by atoms with Crippen LogP contribution in [0.15, 0.2) is 0 Å². The van der Waals surface area contributed by atoms with E-state index in [4.69, 9.17) is 0 Å². The Bertz CT molecular complexity index is 226. The predicted molar refractivity (Wildman–Crippen MR) is 73.3 cm³/mol. The van der Waals surface area contributed by atoms with Crippen LogP contribution in [0.25, 0.3) is 0 Å². The van der Waals surface area contributed by atoms with Crippen molar-refractivity contribution in [2.24, 2.45) is 5.41 Å². The molecule has 0 aromatic heterocycles. The quantitative estimate of drug-likeness (QED) is 0.777. The zero-order valence-electron chi connectivity index (χ0n) is 11.8. The maximum Gasteiger partial charge on any atom is 0.00937 e. The number of likely N-dealkylation sites (tertiary alicyclic amines) is 1. The molecule has 0 radical (unpaired) electrons. The molecule has 2 aliphatic heterocycles. The lowest BCUT2D eigenvalue weighted by Gasteiger charge is -2.37. The summed E-state index contributed by atoms with van der Waals surface area (Å²) in [6, 6.07) is 1.38. The molecular weight excluding hydrogens is 210 g/mol. The standard InChI is InChI=1S/C14H29N3/c1-12(2)16-13-4-8-17(9-5-13)11-14(3)6-7-15-10-14/h12-13,15-16H,4-11H2,1-3H3. The number of nitrogens with one attached hydrogen (secondary N) is 2. The second kappa shape index (κ2) is 5.68. The number of rotatable bonds is 4. The molecule has 3 heteroatoms. The highest BCUT2D eigenvalue weighted by Gasteiger charge is 2.31. The number of piperidine rings is 1. The van der Waals surface area contributed by atoms with Gasteiger partial charge in [-0.05, 0) is 44.3 Å². The molecule has 0 saturated carbocycles. The number of hydrogen-bond donors (Lipinski definition) is 2. The Balaban J connectivity index is 1.71. The van der Waals surface area contributed by atoms with Crippen LogP contribution in [0.1, 0.15) is 40.0 Å². The van der Waals surface area contributed by atoms with E-state index in [1.165, 1.54) is 52.0 Å². The number of hydrogen-bond acceptors (Lipinski definition) is 3. The van der Waals surface area contributed by atoms with Crippen molar-refractivity contribution in [3.63, 3.8) is 0 Å². The molecule has 100 valence electrons. The van der Waals surface area contributed by atoms with Crippen LogP contribution >= 0.6 is 0 Å². The molecule has 0 amide bonds. The van der Waals surface area contributed by atoms with Crippen LogP contribution in [0.4, 0.5) is 0 Å². The third-order valence-electron chi connectivity index (χ3n) is 4.22. The third-order valence-corrected chi connectivity index (χ3v) is 4.22. The first-order chi connectivity index (χ1) is 8.07. The van der Waals surface area contributed by atoms with Gasteiger partial charge in [-0.2, -0.15) is 0 Å². The Kier molecular flexibility index (Phi) is 4.45. The van der Waals surface area contributed by atoms with Crippen LogP contribution in [-0.2, 0) is 0 Å². The van der Waals surface area contributed by atoms with Gasteiger partial charge >= 0.3 is 0 Å². The Morgan fingerprint density at radius 2 is 2.06 bits per heavy atom. The molecule has 2 aliphatic rings. The maximum atomic E-state index is 3.67. The van der Waals surface area contributed by atoms with Crippen LogP contribution in [0.3, 0.4) is 0 Å². The van der Waals surface area contributed by atoms with Crippen molar-refractivity contribution in [3.05, 3.63) is 0 Å². The van der Waals surface area contributed by atoms with Gasteiger partial charge in [0.25, 0.3) is 0 Å². The largest absolute Gasteiger partial charge is 0.316 e. The molecule has 1 atom stereocenters. The fourth-order valence-corrected chi connectivity index (χ4v) is 3.27. The van der Waals surface area contributed by atoms with E-state index in [1.54, 1.807) is 0 Å².